The average Bonchev–Trinajstić information content (AvgIpc) is 2.21. The molecule has 1 amide bonds. The minimum atomic E-state index is -0.979. The maximum absolute atomic E-state index is 12.4. The fourth-order valence-corrected chi connectivity index (χ4v) is 4.45. The van der Waals surface area contributed by atoms with Gasteiger partial charge >= 0.3 is 6.09 Å². The van der Waals surface area contributed by atoms with E-state index in [2.05, 4.69) is 6.92 Å². The van der Waals surface area contributed by atoms with Crippen molar-refractivity contribution in [2.45, 2.75) is 64.9 Å². The van der Waals surface area contributed by atoms with E-state index in [0.29, 0.717) is 13.1 Å². The van der Waals surface area contributed by atoms with E-state index < -0.39 is 17.0 Å². The van der Waals surface area contributed by atoms with Crippen molar-refractivity contribution in [2.24, 2.45) is 5.41 Å². The first-order valence-electron chi connectivity index (χ1n) is 7.52. The molecule has 5 nitrogen and oxygen atoms in total. The fraction of sp³-hybridized carbons (Fsp3) is 0.933. The molecule has 1 unspecified atom stereocenters. The van der Waals surface area contributed by atoms with Crippen molar-refractivity contribution in [3.8, 4) is 0 Å². The lowest BCUT2D eigenvalue weighted by molar-refractivity contribution is -0.119. The summed E-state index contributed by atoms with van der Waals surface area (Å²) in [5.74, 6) is 0. The van der Waals surface area contributed by atoms with Gasteiger partial charge in [0.2, 0.25) is 0 Å². The first-order valence-corrected chi connectivity index (χ1v) is 8.63. The summed E-state index contributed by atoms with van der Waals surface area (Å²) in [6.07, 6.45) is -0.240. The Hall–Kier alpha value is -0.460. The molecule has 0 saturated carbocycles. The second-order valence-electron chi connectivity index (χ2n) is 8.31. The summed E-state index contributed by atoms with van der Waals surface area (Å²) < 4.78 is 19.6. The molecular formula is C15H28N2O3S. The van der Waals surface area contributed by atoms with Gasteiger partial charge in [-0.1, -0.05) is 0 Å². The zero-order chi connectivity index (χ0) is 16.2. The van der Waals surface area contributed by atoms with E-state index in [0.717, 1.165) is 6.54 Å². The van der Waals surface area contributed by atoms with Crippen molar-refractivity contribution < 1.29 is 14.1 Å². The molecule has 0 aromatic heterocycles. The van der Waals surface area contributed by atoms with Gasteiger partial charge in [-0.05, 0) is 48.5 Å². The van der Waals surface area contributed by atoms with Crippen LogP contribution in [0.1, 0.15) is 48.5 Å². The van der Waals surface area contributed by atoms with E-state index in [1.165, 1.54) is 0 Å². The molecule has 1 spiro atoms. The third-order valence-corrected chi connectivity index (χ3v) is 6.11. The lowest BCUT2D eigenvalue weighted by atomic mass is 9.68. The molecule has 122 valence electrons. The maximum atomic E-state index is 12.4. The summed E-state index contributed by atoms with van der Waals surface area (Å²) in [5, 5.41) is 0. The third kappa shape index (κ3) is 3.17. The van der Waals surface area contributed by atoms with Gasteiger partial charge in [0.15, 0.2) is 0 Å². The van der Waals surface area contributed by atoms with Gasteiger partial charge in [0.25, 0.3) is 0 Å². The molecule has 0 N–H and O–H groups in total. The molecule has 2 aliphatic heterocycles. The van der Waals surface area contributed by atoms with Crippen LogP contribution in [0.15, 0.2) is 0 Å². The molecule has 0 bridgehead atoms. The summed E-state index contributed by atoms with van der Waals surface area (Å²) in [7, 11) is 0. The Kier molecular flexibility index (Phi) is 4.05. The summed E-state index contributed by atoms with van der Waals surface area (Å²) in [4.78, 5) is 13.7. The van der Waals surface area contributed by atoms with Gasteiger partial charge in [-0.25, -0.2) is 4.79 Å². The quantitative estimate of drug-likeness (QED) is 0.697. The minimum absolute atomic E-state index is 0.109. The molecule has 2 atom stereocenters. The highest BCUT2D eigenvalue weighted by Crippen LogP contribution is 2.48. The summed E-state index contributed by atoms with van der Waals surface area (Å²) in [5.41, 5.74) is -0.345. The van der Waals surface area contributed by atoms with Crippen LogP contribution in [0.4, 0.5) is 4.79 Å². The van der Waals surface area contributed by atoms with Gasteiger partial charge < -0.3 is 14.2 Å². The Morgan fingerprint density at radius 3 is 2.10 bits per heavy atom. The number of ether oxygens (including phenoxy) is 1. The Bertz CT molecular complexity index is 422. The van der Waals surface area contributed by atoms with E-state index >= 15 is 0 Å². The van der Waals surface area contributed by atoms with Gasteiger partial charge in [0.05, 0.1) is 12.6 Å². The van der Waals surface area contributed by atoms with Crippen LogP contribution in [0, 0.1) is 5.41 Å². The predicted octanol–water partition coefficient (Wildman–Crippen LogP) is 2.39. The predicted molar refractivity (Wildman–Crippen MR) is 84.3 cm³/mol. The monoisotopic (exact) mass is 316 g/mol. The minimum Gasteiger partial charge on any atom is -0.597 e. The molecular weight excluding hydrogens is 288 g/mol. The molecule has 2 fully saturated rings. The number of hydrogen-bond acceptors (Lipinski definition) is 4. The number of amides is 1. The SMILES string of the molecule is CC1N([S@+]([O-])C(C)(C)C)CC12CN(C(=O)OC(C)(C)C)C2. The lowest BCUT2D eigenvalue weighted by Gasteiger charge is -2.63. The molecule has 2 saturated heterocycles. The highest BCUT2D eigenvalue weighted by molar-refractivity contribution is 7.90. The standard InChI is InChI=1S/C15H28N2O3S/c1-11-15(10-17(11)21(19)14(5,6)7)8-16(9-15)12(18)20-13(2,3)4/h11H,8-10H2,1-7H3/t11?,21-/m1/s1. The van der Waals surface area contributed by atoms with E-state index in [1.807, 2.05) is 45.8 Å². The Morgan fingerprint density at radius 1 is 1.19 bits per heavy atom. The molecule has 2 rings (SSSR count). The van der Waals surface area contributed by atoms with Crippen LogP contribution in [0.5, 0.6) is 0 Å². The molecule has 0 radical (unpaired) electrons. The van der Waals surface area contributed by atoms with Crippen molar-refractivity contribution in [3.05, 3.63) is 0 Å². The number of rotatable bonds is 1. The summed E-state index contributed by atoms with van der Waals surface area (Å²) >= 11 is -0.979. The molecule has 0 aromatic carbocycles. The van der Waals surface area contributed by atoms with Crippen LogP contribution in [-0.2, 0) is 16.1 Å². The third-order valence-electron chi connectivity index (χ3n) is 4.19. The van der Waals surface area contributed by atoms with Crippen molar-refractivity contribution in [1.29, 1.82) is 0 Å². The highest BCUT2D eigenvalue weighted by Gasteiger charge is 2.63. The first-order chi connectivity index (χ1) is 9.36. The van der Waals surface area contributed by atoms with E-state index in [-0.39, 0.29) is 22.3 Å². The van der Waals surface area contributed by atoms with Crippen molar-refractivity contribution in [3.63, 3.8) is 0 Å². The van der Waals surface area contributed by atoms with Gasteiger partial charge in [0.1, 0.15) is 10.3 Å². The Balaban J connectivity index is 1.87. The van der Waals surface area contributed by atoms with Crippen molar-refractivity contribution in [1.82, 2.24) is 9.21 Å². The molecule has 0 aromatic rings. The van der Waals surface area contributed by atoms with E-state index in [9.17, 15) is 9.35 Å². The van der Waals surface area contributed by atoms with Crippen molar-refractivity contribution >= 4 is 17.5 Å². The average molecular weight is 316 g/mol. The second-order valence-corrected chi connectivity index (χ2v) is 10.5. The lowest BCUT2D eigenvalue weighted by Crippen LogP contribution is -2.78. The van der Waals surface area contributed by atoms with Crippen molar-refractivity contribution in [2.75, 3.05) is 19.6 Å². The van der Waals surface area contributed by atoms with Gasteiger partial charge in [-0.3, -0.25) is 0 Å². The zero-order valence-corrected chi connectivity index (χ0v) is 15.0. The van der Waals surface area contributed by atoms with Crippen LogP contribution in [-0.4, -0.2) is 55.9 Å². The van der Waals surface area contributed by atoms with Crippen LogP contribution in [0.25, 0.3) is 0 Å². The largest absolute Gasteiger partial charge is 0.597 e. The molecule has 6 heteroatoms. The Labute approximate surface area is 131 Å². The molecule has 2 aliphatic rings. The number of nitrogens with zero attached hydrogens (tertiary/aromatic N) is 2. The second kappa shape index (κ2) is 5.03. The molecule has 0 aliphatic carbocycles. The van der Waals surface area contributed by atoms with Gasteiger partial charge in [0, 0.05) is 29.9 Å². The summed E-state index contributed by atoms with van der Waals surface area (Å²) in [6, 6.07) is 0.247. The normalized spacial score (nSPS) is 27.0. The molecule has 2 heterocycles. The Morgan fingerprint density at radius 2 is 1.71 bits per heavy atom. The van der Waals surface area contributed by atoms with Gasteiger partial charge in [-0.15, -0.1) is 4.31 Å². The zero-order valence-electron chi connectivity index (χ0n) is 14.2. The fourth-order valence-electron chi connectivity index (χ4n) is 2.86. The first kappa shape index (κ1) is 16.9. The van der Waals surface area contributed by atoms with Gasteiger partial charge in [-0.2, -0.15) is 0 Å². The topological polar surface area (TPSA) is 55.8 Å². The van der Waals surface area contributed by atoms with Crippen LogP contribution >= 0.6 is 0 Å². The van der Waals surface area contributed by atoms with E-state index in [4.69, 9.17) is 4.74 Å². The van der Waals surface area contributed by atoms with Crippen LogP contribution in [0.2, 0.25) is 0 Å². The smallest absolute Gasteiger partial charge is 0.410 e. The number of hydrogen-bond donors (Lipinski definition) is 0. The number of likely N-dealkylation sites (tertiary alicyclic amines) is 1. The maximum Gasteiger partial charge on any atom is 0.410 e. The summed E-state index contributed by atoms with van der Waals surface area (Å²) in [6.45, 7) is 15.9. The van der Waals surface area contributed by atoms with E-state index in [1.54, 1.807) is 4.90 Å². The highest BCUT2D eigenvalue weighted by atomic mass is 32.2. The molecule has 21 heavy (non-hydrogen) atoms. The number of carbonyl (C=O) groups excluding carboxylic acids is 1. The van der Waals surface area contributed by atoms with Crippen LogP contribution in [0.3, 0.4) is 0 Å². The number of carbonyl (C=O) groups is 1. The van der Waals surface area contributed by atoms with Crippen LogP contribution < -0.4 is 0 Å².